The average Bonchev–Trinajstić information content (AvgIpc) is 3.31. The number of benzene rings is 1. The number of nitrogens with one attached hydrogen (secondary N) is 2. The van der Waals surface area contributed by atoms with Crippen LogP contribution in [0.15, 0.2) is 24.3 Å². The fourth-order valence-electron chi connectivity index (χ4n) is 5.25. The Labute approximate surface area is 205 Å². The first-order valence-corrected chi connectivity index (χ1v) is 12.2. The van der Waals surface area contributed by atoms with Gasteiger partial charge < -0.3 is 20.4 Å². The van der Waals surface area contributed by atoms with Crippen molar-refractivity contribution >= 4 is 29.3 Å². The molecule has 9 nitrogen and oxygen atoms in total. The van der Waals surface area contributed by atoms with Crippen LogP contribution in [0.5, 0.6) is 0 Å². The molecule has 2 fully saturated rings. The number of hydrogen-bond donors (Lipinski definition) is 2. The lowest BCUT2D eigenvalue weighted by atomic mass is 9.80. The van der Waals surface area contributed by atoms with E-state index in [1.54, 1.807) is 0 Å². The third kappa shape index (κ3) is 4.49. The molecule has 1 saturated heterocycles. The maximum atomic E-state index is 13.9. The summed E-state index contributed by atoms with van der Waals surface area (Å²) in [6.45, 7) is 5.90. The van der Waals surface area contributed by atoms with E-state index in [1.165, 1.54) is 16.8 Å². The van der Waals surface area contributed by atoms with Gasteiger partial charge in [-0.1, -0.05) is 39.0 Å². The standard InChI is InChI=1S/C26H33N5O4/c1-25(2,3)13-20(30(4)23(34)21(32)28-16-8-7-9-16)22(33)31-15-26(12-17(31)14-27)18-10-5-6-11-19(18)29-24(26)35/h5-6,10-11,16-17,20H,7-9,12-13,15H2,1-4H3,(H,28,32)(H,29,35)/t17-,20-,26-/m0/s1. The van der Waals surface area contributed by atoms with Crippen LogP contribution in [0.2, 0.25) is 0 Å². The van der Waals surface area contributed by atoms with E-state index in [0.717, 1.165) is 24.8 Å². The molecule has 3 aliphatic rings. The average molecular weight is 480 g/mol. The van der Waals surface area contributed by atoms with Crippen molar-refractivity contribution in [3.05, 3.63) is 29.8 Å². The number of carbonyl (C=O) groups is 4. The van der Waals surface area contributed by atoms with E-state index in [1.807, 2.05) is 45.0 Å². The van der Waals surface area contributed by atoms with Crippen molar-refractivity contribution in [2.24, 2.45) is 5.41 Å². The SMILES string of the molecule is CN(C(=O)C(=O)NC1CCC1)[C@@H](CC(C)(C)C)C(=O)N1C[C@]2(C[C@H]1C#N)C(=O)Nc1ccccc12. The molecule has 1 aromatic carbocycles. The number of rotatable bonds is 4. The monoisotopic (exact) mass is 479 g/mol. The van der Waals surface area contributed by atoms with Gasteiger partial charge >= 0.3 is 11.8 Å². The van der Waals surface area contributed by atoms with Crippen LogP contribution in [-0.2, 0) is 24.6 Å². The van der Waals surface area contributed by atoms with Crippen molar-refractivity contribution in [2.75, 3.05) is 18.9 Å². The van der Waals surface area contributed by atoms with E-state index in [2.05, 4.69) is 16.7 Å². The van der Waals surface area contributed by atoms with Gasteiger partial charge in [0, 0.05) is 31.7 Å². The van der Waals surface area contributed by atoms with Gasteiger partial charge in [0.05, 0.1) is 11.5 Å². The lowest BCUT2D eigenvalue weighted by molar-refractivity contribution is -0.152. The first kappa shape index (κ1) is 24.7. The van der Waals surface area contributed by atoms with Crippen molar-refractivity contribution in [1.29, 1.82) is 5.26 Å². The summed E-state index contributed by atoms with van der Waals surface area (Å²) >= 11 is 0. The number of carbonyl (C=O) groups excluding carboxylic acids is 4. The number of amides is 4. The summed E-state index contributed by atoms with van der Waals surface area (Å²) in [5.74, 6) is -2.15. The summed E-state index contributed by atoms with van der Waals surface area (Å²) in [5, 5.41) is 15.5. The van der Waals surface area contributed by atoms with Gasteiger partial charge in [-0.25, -0.2) is 0 Å². The third-order valence-electron chi connectivity index (χ3n) is 7.43. The van der Waals surface area contributed by atoms with E-state index < -0.39 is 35.2 Å². The predicted octanol–water partition coefficient (Wildman–Crippen LogP) is 1.93. The van der Waals surface area contributed by atoms with Crippen LogP contribution in [0.4, 0.5) is 5.69 Å². The van der Waals surface area contributed by atoms with Crippen molar-refractivity contribution in [3.63, 3.8) is 0 Å². The number of fused-ring (bicyclic) bond motifs is 2. The zero-order valence-corrected chi connectivity index (χ0v) is 20.8. The largest absolute Gasteiger partial charge is 0.345 e. The maximum absolute atomic E-state index is 13.9. The molecule has 186 valence electrons. The predicted molar refractivity (Wildman–Crippen MR) is 129 cm³/mol. The van der Waals surface area contributed by atoms with E-state index in [-0.39, 0.29) is 30.3 Å². The Morgan fingerprint density at radius 2 is 1.97 bits per heavy atom. The molecule has 2 heterocycles. The minimum absolute atomic E-state index is 0.000950. The molecule has 1 aliphatic carbocycles. The zero-order valence-electron chi connectivity index (χ0n) is 20.8. The normalized spacial score (nSPS) is 24.3. The summed E-state index contributed by atoms with van der Waals surface area (Å²) in [6, 6.07) is 7.74. The molecule has 2 aliphatic heterocycles. The van der Waals surface area contributed by atoms with Gasteiger partial charge in [0.25, 0.3) is 0 Å². The number of likely N-dealkylation sites (tertiary alicyclic amines) is 1. The van der Waals surface area contributed by atoms with Gasteiger partial charge in [0.2, 0.25) is 11.8 Å². The molecule has 3 atom stereocenters. The zero-order chi connectivity index (χ0) is 25.5. The van der Waals surface area contributed by atoms with Gasteiger partial charge in [-0.05, 0) is 42.7 Å². The van der Waals surface area contributed by atoms with Crippen LogP contribution in [0.3, 0.4) is 0 Å². The number of nitriles is 1. The van der Waals surface area contributed by atoms with Gasteiger partial charge in [-0.2, -0.15) is 5.26 Å². The molecule has 1 spiro atoms. The van der Waals surface area contributed by atoms with Gasteiger partial charge in [0.1, 0.15) is 12.1 Å². The number of nitrogens with zero attached hydrogens (tertiary/aromatic N) is 3. The van der Waals surface area contributed by atoms with Crippen LogP contribution >= 0.6 is 0 Å². The molecule has 0 radical (unpaired) electrons. The molecule has 4 rings (SSSR count). The molecule has 0 unspecified atom stereocenters. The highest BCUT2D eigenvalue weighted by Gasteiger charge is 2.57. The Kier molecular flexibility index (Phi) is 6.34. The summed E-state index contributed by atoms with van der Waals surface area (Å²) in [5.41, 5.74) is 0.117. The molecule has 1 saturated carbocycles. The van der Waals surface area contributed by atoms with E-state index in [0.29, 0.717) is 12.1 Å². The Morgan fingerprint density at radius 3 is 2.57 bits per heavy atom. The van der Waals surface area contributed by atoms with Gasteiger partial charge in [-0.15, -0.1) is 0 Å². The van der Waals surface area contributed by atoms with Crippen LogP contribution in [-0.4, -0.2) is 65.1 Å². The first-order valence-electron chi connectivity index (χ1n) is 12.2. The van der Waals surface area contributed by atoms with E-state index in [4.69, 9.17) is 0 Å². The highest BCUT2D eigenvalue weighted by molar-refractivity contribution is 6.35. The van der Waals surface area contributed by atoms with Crippen molar-refractivity contribution in [1.82, 2.24) is 15.1 Å². The number of para-hydroxylation sites is 1. The molecule has 35 heavy (non-hydrogen) atoms. The van der Waals surface area contributed by atoms with Crippen molar-refractivity contribution in [3.8, 4) is 6.07 Å². The summed E-state index contributed by atoms with van der Waals surface area (Å²) in [6.07, 6.45) is 3.19. The van der Waals surface area contributed by atoms with E-state index >= 15 is 0 Å². The van der Waals surface area contributed by atoms with Crippen LogP contribution in [0.25, 0.3) is 0 Å². The quantitative estimate of drug-likeness (QED) is 0.639. The smallest absolute Gasteiger partial charge is 0.312 e. The summed E-state index contributed by atoms with van der Waals surface area (Å²) in [7, 11) is 1.46. The maximum Gasteiger partial charge on any atom is 0.312 e. The number of hydrogen-bond acceptors (Lipinski definition) is 5. The fourth-order valence-corrected chi connectivity index (χ4v) is 5.25. The fraction of sp³-hybridized carbons (Fsp3) is 0.577. The van der Waals surface area contributed by atoms with Gasteiger partial charge in [0.15, 0.2) is 0 Å². The highest BCUT2D eigenvalue weighted by Crippen LogP contribution is 2.46. The van der Waals surface area contributed by atoms with Crippen molar-refractivity contribution in [2.45, 2.75) is 76.4 Å². The second-order valence-electron chi connectivity index (χ2n) is 11.2. The second kappa shape index (κ2) is 8.99. The Bertz CT molecular complexity index is 1100. The number of likely N-dealkylation sites (N-methyl/N-ethyl adjacent to an activating group) is 1. The molecule has 4 amide bonds. The first-order chi connectivity index (χ1) is 16.5. The Morgan fingerprint density at radius 1 is 1.29 bits per heavy atom. The van der Waals surface area contributed by atoms with Crippen LogP contribution in [0.1, 0.15) is 58.4 Å². The molecule has 2 N–H and O–H groups in total. The molecule has 0 bridgehead atoms. The molecular formula is C26H33N5O4. The minimum Gasteiger partial charge on any atom is -0.345 e. The topological polar surface area (TPSA) is 123 Å². The second-order valence-corrected chi connectivity index (χ2v) is 11.2. The van der Waals surface area contributed by atoms with E-state index in [9.17, 15) is 24.4 Å². The minimum atomic E-state index is -1.01. The molecular weight excluding hydrogens is 446 g/mol. The summed E-state index contributed by atoms with van der Waals surface area (Å²) < 4.78 is 0. The third-order valence-corrected chi connectivity index (χ3v) is 7.43. The lowest BCUT2D eigenvalue weighted by Crippen LogP contribution is -2.56. The molecule has 1 aromatic rings. The Balaban J connectivity index is 1.61. The summed E-state index contributed by atoms with van der Waals surface area (Å²) in [4.78, 5) is 55.2. The highest BCUT2D eigenvalue weighted by atomic mass is 16.2. The number of anilines is 1. The molecule has 9 heteroatoms. The van der Waals surface area contributed by atoms with Crippen LogP contribution < -0.4 is 10.6 Å². The van der Waals surface area contributed by atoms with Gasteiger partial charge in [-0.3, -0.25) is 19.2 Å². The van der Waals surface area contributed by atoms with Crippen molar-refractivity contribution < 1.29 is 19.2 Å². The Hall–Kier alpha value is -3.41. The molecule has 0 aromatic heterocycles. The lowest BCUT2D eigenvalue weighted by Gasteiger charge is -2.36. The van der Waals surface area contributed by atoms with Crippen LogP contribution in [0, 0.1) is 16.7 Å².